The van der Waals surface area contributed by atoms with Crippen LogP contribution >= 0.6 is 11.3 Å². The Morgan fingerprint density at radius 1 is 1.02 bits per heavy atom. The number of likely N-dealkylation sites (tertiary alicyclic amines) is 1. The van der Waals surface area contributed by atoms with Crippen molar-refractivity contribution >= 4 is 35.2 Å². The number of carbonyl (C=O) groups is 4. The summed E-state index contributed by atoms with van der Waals surface area (Å²) in [5.41, 5.74) is 4.01. The van der Waals surface area contributed by atoms with Crippen LogP contribution in [-0.2, 0) is 35.1 Å². The van der Waals surface area contributed by atoms with Gasteiger partial charge in [0.25, 0.3) is 0 Å². The van der Waals surface area contributed by atoms with E-state index in [1.54, 1.807) is 16.8 Å². The fourth-order valence-electron chi connectivity index (χ4n) is 4.82. The summed E-state index contributed by atoms with van der Waals surface area (Å²) in [6.07, 6.45) is -1.88. The highest BCUT2D eigenvalue weighted by atomic mass is 32.1. The summed E-state index contributed by atoms with van der Waals surface area (Å²) in [4.78, 5) is 56.8. The van der Waals surface area contributed by atoms with E-state index < -0.39 is 41.5 Å². The quantitative estimate of drug-likeness (QED) is 0.155. The third-order valence-corrected chi connectivity index (χ3v) is 8.19. The Morgan fingerprint density at radius 2 is 1.67 bits per heavy atom. The largest absolute Gasteiger partial charge is 0.465 e. The summed E-state index contributed by atoms with van der Waals surface area (Å²) in [5, 5.41) is 26.7. The van der Waals surface area contributed by atoms with Crippen molar-refractivity contribution in [3.63, 3.8) is 0 Å². The molecule has 3 rings (SSSR count). The van der Waals surface area contributed by atoms with Crippen LogP contribution in [0.5, 0.6) is 0 Å². The number of aliphatic hydroxyl groups is 1. The number of carbonyl (C=O) groups excluding carboxylic acids is 3. The van der Waals surface area contributed by atoms with Gasteiger partial charge in [0.2, 0.25) is 17.7 Å². The van der Waals surface area contributed by atoms with E-state index in [1.165, 1.54) is 4.90 Å². The predicted molar refractivity (Wildman–Crippen MR) is 170 cm³/mol. The summed E-state index contributed by atoms with van der Waals surface area (Å²) in [6, 6.07) is 5.98. The lowest BCUT2D eigenvalue weighted by atomic mass is 9.85. The standard InChI is InChI=1S/C31H45N5O9S/c1-20-26(46-19-34-20)22-7-5-21(6-8-22)16-33-28(39)24-15-23(37)17-36(24)29(40)27(31(2,3)4)35-25(38)18-45-14-13-44-12-11-43-10-9-32-30(41)42/h5-8,19,23-24,27,32,37H,9-18H2,1-4H3,(H,33,39)(H,35,38)(H,41,42)/t23-,24-,27-/m1/s1. The topological polar surface area (TPSA) is 189 Å². The van der Waals surface area contributed by atoms with Gasteiger partial charge in [0.1, 0.15) is 18.7 Å². The van der Waals surface area contributed by atoms with Crippen molar-refractivity contribution in [2.45, 2.75) is 58.8 Å². The van der Waals surface area contributed by atoms with Crippen LogP contribution in [0.15, 0.2) is 29.8 Å². The van der Waals surface area contributed by atoms with E-state index in [-0.39, 0.29) is 71.6 Å². The van der Waals surface area contributed by atoms with E-state index in [2.05, 4.69) is 20.9 Å². The number of nitrogens with one attached hydrogen (secondary N) is 3. The van der Waals surface area contributed by atoms with Crippen molar-refractivity contribution in [1.29, 1.82) is 0 Å². The molecule has 2 heterocycles. The van der Waals surface area contributed by atoms with E-state index in [4.69, 9.17) is 19.3 Å². The number of nitrogens with zero attached hydrogens (tertiary/aromatic N) is 2. The number of ether oxygens (including phenoxy) is 3. The number of aryl methyl sites for hydroxylation is 1. The van der Waals surface area contributed by atoms with Gasteiger partial charge in [-0.25, -0.2) is 9.78 Å². The van der Waals surface area contributed by atoms with Gasteiger partial charge in [0, 0.05) is 26.1 Å². The third-order valence-electron chi connectivity index (χ3n) is 7.21. The smallest absolute Gasteiger partial charge is 0.404 e. The minimum Gasteiger partial charge on any atom is -0.465 e. The molecule has 0 unspecified atom stereocenters. The van der Waals surface area contributed by atoms with Gasteiger partial charge in [-0.3, -0.25) is 14.4 Å². The molecule has 15 heteroatoms. The molecule has 1 aromatic heterocycles. The molecule has 254 valence electrons. The minimum absolute atomic E-state index is 0.0180. The van der Waals surface area contributed by atoms with Crippen LogP contribution in [0.2, 0.25) is 0 Å². The molecular weight excluding hydrogens is 618 g/mol. The molecule has 1 fully saturated rings. The van der Waals surface area contributed by atoms with Gasteiger partial charge in [0.15, 0.2) is 0 Å². The highest BCUT2D eigenvalue weighted by molar-refractivity contribution is 7.13. The van der Waals surface area contributed by atoms with Gasteiger partial charge >= 0.3 is 6.09 Å². The summed E-state index contributed by atoms with van der Waals surface area (Å²) in [7, 11) is 0. The van der Waals surface area contributed by atoms with Gasteiger partial charge in [-0.2, -0.15) is 0 Å². The Kier molecular flexibility index (Phi) is 14.3. The zero-order valence-corrected chi connectivity index (χ0v) is 27.6. The van der Waals surface area contributed by atoms with Gasteiger partial charge in [-0.05, 0) is 23.5 Å². The van der Waals surface area contributed by atoms with Crippen LogP contribution in [0.4, 0.5) is 4.79 Å². The Morgan fingerprint density at radius 3 is 2.28 bits per heavy atom. The van der Waals surface area contributed by atoms with Gasteiger partial charge in [-0.15, -0.1) is 11.3 Å². The van der Waals surface area contributed by atoms with Crippen molar-refractivity contribution in [3.05, 3.63) is 41.0 Å². The number of hydrogen-bond acceptors (Lipinski definition) is 10. The molecule has 0 aliphatic carbocycles. The number of benzene rings is 1. The van der Waals surface area contributed by atoms with Crippen LogP contribution in [0.3, 0.4) is 0 Å². The third kappa shape index (κ3) is 11.6. The molecule has 14 nitrogen and oxygen atoms in total. The molecule has 1 aromatic carbocycles. The van der Waals surface area contributed by atoms with Crippen molar-refractivity contribution in [2.24, 2.45) is 5.41 Å². The first-order valence-corrected chi connectivity index (χ1v) is 16.0. The SMILES string of the molecule is Cc1ncsc1-c1ccc(CNC(=O)[C@H]2C[C@@H](O)CN2C(=O)[C@@H](NC(=O)COCCOCCOCCNC(=O)O)C(C)(C)C)cc1. The zero-order valence-electron chi connectivity index (χ0n) is 26.7. The second kappa shape index (κ2) is 17.9. The first kappa shape index (κ1) is 36.8. The fourth-order valence-corrected chi connectivity index (χ4v) is 5.63. The minimum atomic E-state index is -1.11. The highest BCUT2D eigenvalue weighted by Crippen LogP contribution is 2.28. The van der Waals surface area contributed by atoms with Crippen molar-refractivity contribution in [3.8, 4) is 10.4 Å². The number of aliphatic hydroxyl groups excluding tert-OH is 1. The molecule has 4 amide bonds. The summed E-state index contributed by atoms with van der Waals surface area (Å²) < 4.78 is 16.0. The first-order valence-electron chi connectivity index (χ1n) is 15.1. The predicted octanol–water partition coefficient (Wildman–Crippen LogP) is 1.54. The van der Waals surface area contributed by atoms with Crippen molar-refractivity contribution in [2.75, 3.05) is 52.7 Å². The Bertz CT molecular complexity index is 1300. The van der Waals surface area contributed by atoms with Gasteiger partial charge < -0.3 is 45.3 Å². The Hall–Kier alpha value is -3.63. The summed E-state index contributed by atoms with van der Waals surface area (Å²) in [5.74, 6) is -1.33. The van der Waals surface area contributed by atoms with Crippen LogP contribution in [0, 0.1) is 12.3 Å². The second-order valence-corrected chi connectivity index (χ2v) is 12.8. The zero-order chi connectivity index (χ0) is 33.7. The molecule has 1 aliphatic rings. The molecule has 0 bridgehead atoms. The maximum atomic E-state index is 13.7. The lowest BCUT2D eigenvalue weighted by Crippen LogP contribution is -2.58. The molecular formula is C31H45N5O9S. The maximum absolute atomic E-state index is 13.7. The lowest BCUT2D eigenvalue weighted by Gasteiger charge is -2.35. The van der Waals surface area contributed by atoms with Crippen molar-refractivity contribution < 1.29 is 43.6 Å². The number of β-amino-alcohol motifs (C(OH)–C–C–N with tert-alkyl or cyclic N) is 1. The lowest BCUT2D eigenvalue weighted by molar-refractivity contribution is -0.144. The van der Waals surface area contributed by atoms with Gasteiger partial charge in [-0.1, -0.05) is 45.0 Å². The molecule has 0 spiro atoms. The number of amides is 4. The molecule has 46 heavy (non-hydrogen) atoms. The number of hydrogen-bond donors (Lipinski definition) is 5. The Balaban J connectivity index is 1.45. The van der Waals surface area contributed by atoms with E-state index in [0.717, 1.165) is 21.7 Å². The van der Waals surface area contributed by atoms with E-state index in [9.17, 15) is 24.3 Å². The summed E-state index contributed by atoms with van der Waals surface area (Å²) >= 11 is 1.57. The number of aromatic nitrogens is 1. The van der Waals surface area contributed by atoms with Crippen LogP contribution in [0.1, 0.15) is 38.4 Å². The van der Waals surface area contributed by atoms with E-state index in [1.807, 2.05) is 52.0 Å². The average molecular weight is 664 g/mol. The maximum Gasteiger partial charge on any atom is 0.404 e. The van der Waals surface area contributed by atoms with Crippen LogP contribution in [-0.4, -0.2) is 115 Å². The monoisotopic (exact) mass is 663 g/mol. The molecule has 1 aliphatic heterocycles. The van der Waals surface area contributed by atoms with Crippen LogP contribution < -0.4 is 16.0 Å². The van der Waals surface area contributed by atoms with E-state index in [0.29, 0.717) is 0 Å². The highest BCUT2D eigenvalue weighted by Gasteiger charge is 2.44. The number of thiazole rings is 1. The van der Waals surface area contributed by atoms with Gasteiger partial charge in [0.05, 0.1) is 55.2 Å². The molecule has 0 radical (unpaired) electrons. The molecule has 3 atom stereocenters. The molecule has 2 aromatic rings. The number of rotatable bonds is 17. The molecule has 1 saturated heterocycles. The van der Waals surface area contributed by atoms with Crippen LogP contribution in [0.25, 0.3) is 10.4 Å². The Labute approximate surface area is 272 Å². The molecule has 5 N–H and O–H groups in total. The summed E-state index contributed by atoms with van der Waals surface area (Å²) in [6.45, 7) is 8.64. The fraction of sp³-hybridized carbons (Fsp3) is 0.581. The average Bonchev–Trinajstić information content (AvgIpc) is 3.61. The van der Waals surface area contributed by atoms with E-state index >= 15 is 0 Å². The number of carboxylic acid groups (broad SMARTS) is 1. The van der Waals surface area contributed by atoms with Crippen molar-refractivity contribution in [1.82, 2.24) is 25.8 Å². The second-order valence-electron chi connectivity index (χ2n) is 12.0. The molecule has 0 saturated carbocycles. The normalized spacial score (nSPS) is 17.0. The first-order chi connectivity index (χ1) is 21.9.